The van der Waals surface area contributed by atoms with E-state index in [1.165, 1.54) is 16.7 Å². The Labute approximate surface area is 102 Å². The molecule has 0 saturated heterocycles. The monoisotopic (exact) mass is 229 g/mol. The molecule has 3 heteroatoms. The van der Waals surface area contributed by atoms with Crippen LogP contribution in [0.15, 0.2) is 30.6 Å². The van der Waals surface area contributed by atoms with Crippen molar-refractivity contribution in [3.05, 3.63) is 47.3 Å². The van der Waals surface area contributed by atoms with E-state index in [-0.39, 0.29) is 6.04 Å². The lowest BCUT2D eigenvalue weighted by molar-refractivity contribution is 0.725. The zero-order chi connectivity index (χ0) is 12.4. The Bertz CT molecular complexity index is 498. The van der Waals surface area contributed by atoms with E-state index in [2.05, 4.69) is 31.1 Å². The zero-order valence-electron chi connectivity index (χ0n) is 10.6. The fraction of sp³-hybridized carbons (Fsp3) is 0.357. The van der Waals surface area contributed by atoms with Gasteiger partial charge in [0.05, 0.1) is 5.69 Å². The molecule has 0 aliphatic rings. The van der Waals surface area contributed by atoms with Gasteiger partial charge in [-0.05, 0) is 44.4 Å². The van der Waals surface area contributed by atoms with Crippen molar-refractivity contribution in [1.82, 2.24) is 9.78 Å². The van der Waals surface area contributed by atoms with Crippen LogP contribution in [0.5, 0.6) is 0 Å². The van der Waals surface area contributed by atoms with Crippen LogP contribution in [0.3, 0.4) is 0 Å². The molecule has 2 N–H and O–H groups in total. The first-order valence-electron chi connectivity index (χ1n) is 5.93. The maximum Gasteiger partial charge on any atom is 0.0707 e. The lowest BCUT2D eigenvalue weighted by Gasteiger charge is -2.15. The summed E-state index contributed by atoms with van der Waals surface area (Å²) < 4.78 is 1.92. The van der Waals surface area contributed by atoms with Gasteiger partial charge in [-0.15, -0.1) is 0 Å². The molecule has 3 nitrogen and oxygen atoms in total. The molecule has 0 bridgehead atoms. The molecule has 2 rings (SSSR count). The molecule has 0 aliphatic carbocycles. The van der Waals surface area contributed by atoms with Gasteiger partial charge in [0.2, 0.25) is 0 Å². The smallest absolute Gasteiger partial charge is 0.0707 e. The molecule has 1 aromatic heterocycles. The molecule has 0 aliphatic heterocycles. The Hall–Kier alpha value is -1.61. The molecular formula is C14H19N3. The highest BCUT2D eigenvalue weighted by Crippen LogP contribution is 2.22. The highest BCUT2D eigenvalue weighted by molar-refractivity contribution is 5.49. The van der Waals surface area contributed by atoms with Crippen molar-refractivity contribution in [1.29, 1.82) is 0 Å². The first-order chi connectivity index (χ1) is 8.08. The van der Waals surface area contributed by atoms with E-state index < -0.39 is 0 Å². The summed E-state index contributed by atoms with van der Waals surface area (Å²) in [6.45, 7) is 6.27. The van der Waals surface area contributed by atoms with Gasteiger partial charge in [-0.25, -0.2) is 4.68 Å². The molecule has 1 atom stereocenters. The standard InChI is InChI=1S/C14H19N3/c1-10-7-11(2)14(17-6-4-5-16-17)13(8-10)9-12(3)15/h4-8,12H,9,15H2,1-3H3. The first-order valence-corrected chi connectivity index (χ1v) is 5.93. The molecule has 1 unspecified atom stereocenters. The van der Waals surface area contributed by atoms with Gasteiger partial charge in [-0.2, -0.15) is 5.10 Å². The summed E-state index contributed by atoms with van der Waals surface area (Å²) in [5.41, 5.74) is 10.9. The van der Waals surface area contributed by atoms with Crippen LogP contribution in [0.25, 0.3) is 5.69 Å². The summed E-state index contributed by atoms with van der Waals surface area (Å²) in [5.74, 6) is 0. The maximum absolute atomic E-state index is 5.92. The Morgan fingerprint density at radius 1 is 1.35 bits per heavy atom. The molecular weight excluding hydrogens is 210 g/mol. The molecule has 17 heavy (non-hydrogen) atoms. The minimum atomic E-state index is 0.158. The molecule has 0 amide bonds. The molecule has 1 aromatic carbocycles. The number of rotatable bonds is 3. The van der Waals surface area contributed by atoms with Gasteiger partial charge >= 0.3 is 0 Å². The SMILES string of the molecule is Cc1cc(C)c(-n2cccn2)c(CC(C)N)c1. The van der Waals surface area contributed by atoms with Gasteiger partial charge in [0.1, 0.15) is 0 Å². The van der Waals surface area contributed by atoms with Crippen LogP contribution in [0.1, 0.15) is 23.6 Å². The van der Waals surface area contributed by atoms with E-state index in [4.69, 9.17) is 5.73 Å². The third kappa shape index (κ3) is 2.56. The van der Waals surface area contributed by atoms with Gasteiger partial charge in [0.25, 0.3) is 0 Å². The third-order valence-electron chi connectivity index (χ3n) is 2.80. The first kappa shape index (κ1) is 11.9. The van der Waals surface area contributed by atoms with Gasteiger partial charge in [-0.3, -0.25) is 0 Å². The van der Waals surface area contributed by atoms with Crippen LogP contribution in [0.2, 0.25) is 0 Å². The minimum absolute atomic E-state index is 0.158. The van der Waals surface area contributed by atoms with Gasteiger partial charge in [0, 0.05) is 18.4 Å². The van der Waals surface area contributed by atoms with E-state index in [1.807, 2.05) is 23.9 Å². The van der Waals surface area contributed by atoms with E-state index in [1.54, 1.807) is 6.20 Å². The highest BCUT2D eigenvalue weighted by atomic mass is 15.3. The second kappa shape index (κ2) is 4.72. The Balaban J connectivity index is 2.55. The summed E-state index contributed by atoms with van der Waals surface area (Å²) in [7, 11) is 0. The summed E-state index contributed by atoms with van der Waals surface area (Å²) in [6.07, 6.45) is 4.65. The molecule has 0 radical (unpaired) electrons. The lowest BCUT2D eigenvalue weighted by Crippen LogP contribution is -2.19. The fourth-order valence-corrected chi connectivity index (χ4v) is 2.28. The van der Waals surface area contributed by atoms with Crippen molar-refractivity contribution in [2.45, 2.75) is 33.2 Å². The summed E-state index contributed by atoms with van der Waals surface area (Å²) in [6, 6.07) is 6.48. The number of nitrogens with two attached hydrogens (primary N) is 1. The normalized spacial score (nSPS) is 12.7. The number of hydrogen-bond donors (Lipinski definition) is 1. The van der Waals surface area contributed by atoms with E-state index in [9.17, 15) is 0 Å². The van der Waals surface area contributed by atoms with Crippen molar-refractivity contribution >= 4 is 0 Å². The number of nitrogens with zero attached hydrogens (tertiary/aromatic N) is 2. The zero-order valence-corrected chi connectivity index (χ0v) is 10.6. The Kier molecular flexibility index (Phi) is 3.29. The number of aromatic nitrogens is 2. The Morgan fingerprint density at radius 3 is 2.71 bits per heavy atom. The molecule has 0 saturated carbocycles. The van der Waals surface area contributed by atoms with Gasteiger partial charge in [-0.1, -0.05) is 17.7 Å². The lowest BCUT2D eigenvalue weighted by atomic mass is 9.99. The van der Waals surface area contributed by atoms with Crippen molar-refractivity contribution in [2.75, 3.05) is 0 Å². The summed E-state index contributed by atoms with van der Waals surface area (Å²) >= 11 is 0. The molecule has 1 heterocycles. The number of hydrogen-bond acceptors (Lipinski definition) is 2. The Morgan fingerprint density at radius 2 is 2.12 bits per heavy atom. The van der Waals surface area contributed by atoms with E-state index >= 15 is 0 Å². The third-order valence-corrected chi connectivity index (χ3v) is 2.80. The topological polar surface area (TPSA) is 43.8 Å². The van der Waals surface area contributed by atoms with Crippen LogP contribution in [-0.2, 0) is 6.42 Å². The van der Waals surface area contributed by atoms with E-state index in [0.29, 0.717) is 0 Å². The minimum Gasteiger partial charge on any atom is -0.328 e. The quantitative estimate of drug-likeness (QED) is 0.878. The fourth-order valence-electron chi connectivity index (χ4n) is 2.28. The van der Waals surface area contributed by atoms with Gasteiger partial charge < -0.3 is 5.73 Å². The number of benzene rings is 1. The van der Waals surface area contributed by atoms with Gasteiger partial charge in [0.15, 0.2) is 0 Å². The van der Waals surface area contributed by atoms with E-state index in [0.717, 1.165) is 12.1 Å². The predicted molar refractivity (Wildman–Crippen MR) is 70.4 cm³/mol. The van der Waals surface area contributed by atoms with Crippen LogP contribution in [0, 0.1) is 13.8 Å². The van der Waals surface area contributed by atoms with Crippen LogP contribution < -0.4 is 5.73 Å². The molecule has 90 valence electrons. The second-order valence-electron chi connectivity index (χ2n) is 4.72. The number of aryl methyl sites for hydroxylation is 2. The van der Waals surface area contributed by atoms with Crippen molar-refractivity contribution < 1.29 is 0 Å². The molecule has 2 aromatic rings. The van der Waals surface area contributed by atoms with Crippen LogP contribution >= 0.6 is 0 Å². The highest BCUT2D eigenvalue weighted by Gasteiger charge is 2.10. The van der Waals surface area contributed by atoms with Crippen molar-refractivity contribution in [3.63, 3.8) is 0 Å². The second-order valence-corrected chi connectivity index (χ2v) is 4.72. The van der Waals surface area contributed by atoms with Crippen LogP contribution in [-0.4, -0.2) is 15.8 Å². The molecule has 0 spiro atoms. The largest absolute Gasteiger partial charge is 0.328 e. The average Bonchev–Trinajstić information content (AvgIpc) is 2.68. The summed E-state index contributed by atoms with van der Waals surface area (Å²) in [4.78, 5) is 0. The van der Waals surface area contributed by atoms with Crippen molar-refractivity contribution in [2.24, 2.45) is 5.73 Å². The molecule has 0 fully saturated rings. The van der Waals surface area contributed by atoms with Crippen molar-refractivity contribution in [3.8, 4) is 5.69 Å². The maximum atomic E-state index is 5.92. The van der Waals surface area contributed by atoms with Crippen LogP contribution in [0.4, 0.5) is 0 Å². The summed E-state index contributed by atoms with van der Waals surface area (Å²) in [5, 5.41) is 4.32. The average molecular weight is 229 g/mol. The predicted octanol–water partition coefficient (Wildman–Crippen LogP) is 2.38.